The van der Waals surface area contributed by atoms with Gasteiger partial charge in [-0.2, -0.15) is 11.8 Å². The van der Waals surface area contributed by atoms with E-state index in [1.54, 1.807) is 4.90 Å². The highest BCUT2D eigenvalue weighted by Gasteiger charge is 2.30. The van der Waals surface area contributed by atoms with Crippen LogP contribution in [-0.2, 0) is 4.79 Å². The number of guanidine groups is 1. The van der Waals surface area contributed by atoms with Crippen LogP contribution in [0.25, 0.3) is 0 Å². The van der Waals surface area contributed by atoms with E-state index in [9.17, 15) is 4.79 Å². The highest BCUT2D eigenvalue weighted by molar-refractivity contribution is 7.98. The number of carbonyl (C=O) groups excluding carboxylic acids is 1. The molecule has 1 heterocycles. The van der Waals surface area contributed by atoms with Gasteiger partial charge in [0, 0.05) is 46.0 Å². The number of thioether (sulfide) groups is 1. The normalized spacial score (nSPS) is 19.0. The van der Waals surface area contributed by atoms with E-state index in [0.29, 0.717) is 0 Å². The molecular weight excluding hydrogens is 310 g/mol. The zero-order valence-electron chi connectivity index (χ0n) is 15.1. The number of carbonyl (C=O) groups is 1. The van der Waals surface area contributed by atoms with Crippen LogP contribution in [0.1, 0.15) is 26.2 Å². The molecule has 6 nitrogen and oxygen atoms in total. The lowest BCUT2D eigenvalue weighted by atomic mass is 10.2. The molecule has 0 saturated carbocycles. The van der Waals surface area contributed by atoms with Crippen molar-refractivity contribution in [2.24, 2.45) is 4.99 Å². The first-order chi connectivity index (χ1) is 11.1. The van der Waals surface area contributed by atoms with Gasteiger partial charge in [-0.05, 0) is 39.0 Å². The Hall–Kier alpha value is -0.950. The minimum atomic E-state index is 0.0712. The fourth-order valence-electron chi connectivity index (χ4n) is 2.75. The maximum Gasteiger partial charge on any atom is 0.239 e. The van der Waals surface area contributed by atoms with Crippen molar-refractivity contribution in [1.29, 1.82) is 0 Å². The number of nitrogens with zero attached hydrogens (tertiary/aromatic N) is 3. The monoisotopic (exact) mass is 343 g/mol. The molecule has 0 radical (unpaired) electrons. The van der Waals surface area contributed by atoms with Gasteiger partial charge in [-0.25, -0.2) is 0 Å². The third-order valence-electron chi connectivity index (χ3n) is 3.91. The van der Waals surface area contributed by atoms with Gasteiger partial charge in [-0.15, -0.1) is 0 Å². The molecule has 2 N–H and O–H groups in total. The quantitative estimate of drug-likeness (QED) is 0.369. The number of rotatable bonds is 9. The summed E-state index contributed by atoms with van der Waals surface area (Å²) in [5.41, 5.74) is 0. The first-order valence-corrected chi connectivity index (χ1v) is 9.95. The molecule has 23 heavy (non-hydrogen) atoms. The molecular formula is C16H33N5OS. The van der Waals surface area contributed by atoms with E-state index < -0.39 is 0 Å². The minimum absolute atomic E-state index is 0.0712. The van der Waals surface area contributed by atoms with E-state index in [0.717, 1.165) is 63.7 Å². The van der Waals surface area contributed by atoms with Crippen molar-refractivity contribution in [3.05, 3.63) is 0 Å². The van der Waals surface area contributed by atoms with Gasteiger partial charge in [0.25, 0.3) is 0 Å². The first-order valence-electron chi connectivity index (χ1n) is 8.56. The van der Waals surface area contributed by atoms with E-state index >= 15 is 0 Å². The van der Waals surface area contributed by atoms with Crippen molar-refractivity contribution in [2.75, 3.05) is 58.8 Å². The highest BCUT2D eigenvalue weighted by atomic mass is 32.2. The minimum Gasteiger partial charge on any atom is -0.357 e. The zero-order valence-corrected chi connectivity index (χ0v) is 15.9. The smallest absolute Gasteiger partial charge is 0.239 e. The van der Waals surface area contributed by atoms with Gasteiger partial charge < -0.3 is 15.5 Å². The summed E-state index contributed by atoms with van der Waals surface area (Å²) in [7, 11) is 3.68. The number of amides is 1. The van der Waals surface area contributed by atoms with E-state index in [-0.39, 0.29) is 11.9 Å². The second-order valence-electron chi connectivity index (χ2n) is 5.96. The Bertz CT molecular complexity index is 375. The third-order valence-corrected chi connectivity index (χ3v) is 4.52. The Balaban J connectivity index is 2.35. The Kier molecular flexibility index (Phi) is 10.1. The predicted octanol–water partition coefficient (Wildman–Crippen LogP) is 0.847. The molecule has 1 unspecified atom stereocenters. The molecule has 1 saturated heterocycles. The van der Waals surface area contributed by atoms with Crippen LogP contribution in [0.5, 0.6) is 0 Å². The van der Waals surface area contributed by atoms with Crippen molar-refractivity contribution in [3.8, 4) is 0 Å². The van der Waals surface area contributed by atoms with Gasteiger partial charge in [0.1, 0.15) is 0 Å². The molecule has 0 bridgehead atoms. The van der Waals surface area contributed by atoms with E-state index in [1.165, 1.54) is 0 Å². The van der Waals surface area contributed by atoms with E-state index in [4.69, 9.17) is 0 Å². The Labute approximate surface area is 145 Å². The van der Waals surface area contributed by atoms with Crippen LogP contribution in [0.3, 0.4) is 0 Å². The summed E-state index contributed by atoms with van der Waals surface area (Å²) >= 11 is 1.82. The molecule has 1 aliphatic heterocycles. The zero-order chi connectivity index (χ0) is 17.1. The van der Waals surface area contributed by atoms with Crippen LogP contribution in [-0.4, -0.2) is 86.5 Å². The van der Waals surface area contributed by atoms with Gasteiger partial charge in [0.2, 0.25) is 5.91 Å². The number of likely N-dealkylation sites (tertiary alicyclic amines) is 1. The molecule has 134 valence electrons. The van der Waals surface area contributed by atoms with Crippen LogP contribution in [0.4, 0.5) is 0 Å². The Morgan fingerprint density at radius 1 is 1.39 bits per heavy atom. The topological polar surface area (TPSA) is 60.0 Å². The number of likely N-dealkylation sites (N-methyl/N-ethyl adjacent to an activating group) is 1. The van der Waals surface area contributed by atoms with Crippen LogP contribution in [0, 0.1) is 0 Å². The lowest BCUT2D eigenvalue weighted by Crippen LogP contribution is -2.43. The second-order valence-corrected chi connectivity index (χ2v) is 6.95. The van der Waals surface area contributed by atoms with E-state index in [1.807, 2.05) is 25.9 Å². The average molecular weight is 344 g/mol. The summed E-state index contributed by atoms with van der Waals surface area (Å²) in [4.78, 5) is 20.8. The molecule has 1 fully saturated rings. The number of aliphatic imine (C=N–C) groups is 1. The predicted molar refractivity (Wildman–Crippen MR) is 100 cm³/mol. The summed E-state index contributed by atoms with van der Waals surface area (Å²) in [6.45, 7) is 6.63. The summed E-state index contributed by atoms with van der Waals surface area (Å²) in [5, 5.41) is 6.60. The van der Waals surface area contributed by atoms with Gasteiger partial charge in [0.05, 0.1) is 6.04 Å². The summed E-state index contributed by atoms with van der Waals surface area (Å²) < 4.78 is 0. The van der Waals surface area contributed by atoms with Crippen molar-refractivity contribution in [3.63, 3.8) is 0 Å². The fourth-order valence-corrected chi connectivity index (χ4v) is 3.06. The van der Waals surface area contributed by atoms with Crippen molar-refractivity contribution in [2.45, 2.75) is 32.2 Å². The van der Waals surface area contributed by atoms with Gasteiger partial charge in [-0.1, -0.05) is 0 Å². The van der Waals surface area contributed by atoms with Crippen LogP contribution in [0.2, 0.25) is 0 Å². The van der Waals surface area contributed by atoms with Gasteiger partial charge in [-0.3, -0.25) is 14.7 Å². The molecule has 7 heteroatoms. The fraction of sp³-hybridized carbons (Fsp3) is 0.875. The molecule has 1 aliphatic rings. The standard InChI is InChI=1S/C16H33N5OS/c1-5-17-16(19-10-13-23-4)18-9-7-12-21-11-6-8-14(21)15(22)20(2)3/h14H,5-13H2,1-4H3,(H2,17,18,19). The van der Waals surface area contributed by atoms with Gasteiger partial charge in [0.15, 0.2) is 5.96 Å². The van der Waals surface area contributed by atoms with Crippen molar-refractivity contribution in [1.82, 2.24) is 20.4 Å². The summed E-state index contributed by atoms with van der Waals surface area (Å²) in [5.74, 6) is 2.20. The second kappa shape index (κ2) is 11.6. The molecule has 1 rings (SSSR count). The van der Waals surface area contributed by atoms with Gasteiger partial charge >= 0.3 is 0 Å². The molecule has 0 aromatic rings. The van der Waals surface area contributed by atoms with E-state index in [2.05, 4.69) is 33.7 Å². The average Bonchev–Trinajstić information content (AvgIpc) is 2.99. The molecule has 0 aromatic carbocycles. The Morgan fingerprint density at radius 2 is 2.17 bits per heavy atom. The first kappa shape index (κ1) is 20.1. The van der Waals surface area contributed by atoms with Crippen LogP contribution >= 0.6 is 11.8 Å². The molecule has 0 aliphatic carbocycles. The number of hydrogen-bond donors (Lipinski definition) is 2. The molecule has 1 amide bonds. The molecule has 1 atom stereocenters. The Morgan fingerprint density at radius 3 is 2.83 bits per heavy atom. The highest BCUT2D eigenvalue weighted by Crippen LogP contribution is 2.18. The van der Waals surface area contributed by atoms with Crippen LogP contribution < -0.4 is 10.6 Å². The molecule has 0 aromatic heterocycles. The number of hydrogen-bond acceptors (Lipinski definition) is 4. The summed E-state index contributed by atoms with van der Waals surface area (Å²) in [6, 6.07) is 0.0712. The maximum absolute atomic E-state index is 12.2. The maximum atomic E-state index is 12.2. The van der Waals surface area contributed by atoms with Crippen molar-refractivity contribution < 1.29 is 4.79 Å². The van der Waals surface area contributed by atoms with Crippen molar-refractivity contribution >= 4 is 23.6 Å². The summed E-state index contributed by atoms with van der Waals surface area (Å²) in [6.07, 6.45) is 5.19. The number of nitrogens with one attached hydrogen (secondary N) is 2. The largest absolute Gasteiger partial charge is 0.357 e. The van der Waals surface area contributed by atoms with Crippen LogP contribution in [0.15, 0.2) is 4.99 Å². The third kappa shape index (κ3) is 7.44. The SMILES string of the molecule is CCNC(=NCCCN1CCCC1C(=O)N(C)C)NCCSC. The lowest BCUT2D eigenvalue weighted by molar-refractivity contribution is -0.133. The molecule has 0 spiro atoms. The lowest BCUT2D eigenvalue weighted by Gasteiger charge is -2.25.